The molecule has 0 spiro atoms. The van der Waals surface area contributed by atoms with Gasteiger partial charge in [0.05, 0.1) is 5.69 Å². The fraction of sp³-hybridized carbons (Fsp3) is 0.261. The Bertz CT molecular complexity index is 979. The van der Waals surface area contributed by atoms with Crippen molar-refractivity contribution in [1.29, 1.82) is 0 Å². The van der Waals surface area contributed by atoms with Gasteiger partial charge < -0.3 is 9.80 Å². The van der Waals surface area contributed by atoms with Crippen LogP contribution in [0.25, 0.3) is 11.3 Å². The summed E-state index contributed by atoms with van der Waals surface area (Å²) in [5.74, 6) is 1.80. The van der Waals surface area contributed by atoms with Gasteiger partial charge in [0, 0.05) is 43.4 Å². The lowest BCUT2D eigenvalue weighted by molar-refractivity contribution is 0.0745. The van der Waals surface area contributed by atoms with Crippen molar-refractivity contribution in [3.05, 3.63) is 77.6 Å². The minimum Gasteiger partial charge on any atom is -0.353 e. The molecule has 1 saturated heterocycles. The van der Waals surface area contributed by atoms with E-state index in [1.807, 2.05) is 67.3 Å². The molecule has 5 nitrogen and oxygen atoms in total. The lowest BCUT2D eigenvalue weighted by Crippen LogP contribution is -2.49. The second-order valence-corrected chi connectivity index (χ2v) is 7.12. The highest BCUT2D eigenvalue weighted by Gasteiger charge is 2.24. The predicted molar refractivity (Wildman–Crippen MR) is 112 cm³/mol. The average molecular weight is 372 g/mol. The zero-order valence-electron chi connectivity index (χ0n) is 16.3. The van der Waals surface area contributed by atoms with E-state index >= 15 is 0 Å². The number of rotatable bonds is 3. The van der Waals surface area contributed by atoms with Crippen molar-refractivity contribution in [2.24, 2.45) is 0 Å². The summed E-state index contributed by atoms with van der Waals surface area (Å²) in [6.45, 7) is 6.82. The molecule has 0 bridgehead atoms. The number of carbonyl (C=O) groups excluding carboxylic acids is 1. The summed E-state index contributed by atoms with van der Waals surface area (Å²) < 4.78 is 0. The smallest absolute Gasteiger partial charge is 0.254 e. The molecule has 142 valence electrons. The molecule has 1 aromatic heterocycles. The van der Waals surface area contributed by atoms with Crippen LogP contribution in [0.3, 0.4) is 0 Å². The molecule has 0 radical (unpaired) electrons. The summed E-state index contributed by atoms with van der Waals surface area (Å²) in [7, 11) is 0. The third-order valence-electron chi connectivity index (χ3n) is 5.16. The maximum Gasteiger partial charge on any atom is 0.254 e. The van der Waals surface area contributed by atoms with Gasteiger partial charge in [0.25, 0.3) is 5.91 Å². The van der Waals surface area contributed by atoms with E-state index in [-0.39, 0.29) is 5.91 Å². The third-order valence-corrected chi connectivity index (χ3v) is 5.16. The van der Waals surface area contributed by atoms with Crippen molar-refractivity contribution in [3.8, 4) is 11.3 Å². The maximum atomic E-state index is 12.8. The maximum absolute atomic E-state index is 12.8. The number of amides is 1. The number of carbonyl (C=O) groups is 1. The van der Waals surface area contributed by atoms with Crippen molar-refractivity contribution in [3.63, 3.8) is 0 Å². The van der Waals surface area contributed by atoms with Crippen molar-refractivity contribution < 1.29 is 4.79 Å². The number of aromatic nitrogens is 2. The molecule has 5 heteroatoms. The Kier molecular flexibility index (Phi) is 5.06. The Morgan fingerprint density at radius 2 is 1.54 bits per heavy atom. The molecule has 0 unspecified atom stereocenters. The highest BCUT2D eigenvalue weighted by atomic mass is 16.2. The summed E-state index contributed by atoms with van der Waals surface area (Å²) in [4.78, 5) is 26.2. The molecule has 1 fully saturated rings. The van der Waals surface area contributed by atoms with Crippen LogP contribution in [0.15, 0.2) is 60.7 Å². The lowest BCUT2D eigenvalue weighted by Gasteiger charge is -2.35. The van der Waals surface area contributed by atoms with E-state index in [0.29, 0.717) is 13.1 Å². The first kappa shape index (κ1) is 18.2. The molecule has 0 aliphatic carbocycles. The van der Waals surface area contributed by atoms with Gasteiger partial charge in [0.1, 0.15) is 11.6 Å². The SMILES string of the molecule is Cc1nc(-c2ccccc2)cc(N2CCN(C(=O)c3ccccc3C)CC2)n1. The van der Waals surface area contributed by atoms with E-state index in [2.05, 4.69) is 27.0 Å². The van der Waals surface area contributed by atoms with Gasteiger partial charge in [0.2, 0.25) is 0 Å². The van der Waals surface area contributed by atoms with Crippen LogP contribution in [-0.2, 0) is 0 Å². The molecule has 28 heavy (non-hydrogen) atoms. The van der Waals surface area contributed by atoms with Gasteiger partial charge in [-0.2, -0.15) is 0 Å². The van der Waals surface area contributed by atoms with E-state index in [0.717, 1.165) is 47.1 Å². The van der Waals surface area contributed by atoms with Crippen molar-refractivity contribution >= 4 is 11.7 Å². The number of hydrogen-bond acceptors (Lipinski definition) is 4. The molecule has 1 amide bonds. The number of benzene rings is 2. The Morgan fingerprint density at radius 3 is 2.25 bits per heavy atom. The Balaban J connectivity index is 1.49. The van der Waals surface area contributed by atoms with Gasteiger partial charge in [0.15, 0.2) is 0 Å². The number of hydrogen-bond donors (Lipinski definition) is 0. The van der Waals surface area contributed by atoms with E-state index < -0.39 is 0 Å². The molecular formula is C23H24N4O. The molecule has 2 aromatic carbocycles. The van der Waals surface area contributed by atoms with Gasteiger partial charge in [-0.05, 0) is 25.5 Å². The Labute approximate surface area is 165 Å². The first-order chi connectivity index (χ1) is 13.6. The van der Waals surface area contributed by atoms with Crippen molar-refractivity contribution in [2.75, 3.05) is 31.1 Å². The average Bonchev–Trinajstić information content (AvgIpc) is 2.74. The standard InChI is InChI=1S/C23H24N4O/c1-17-8-6-7-11-20(17)23(28)27-14-12-26(13-15-27)22-16-21(24-18(2)25-22)19-9-4-3-5-10-19/h3-11,16H,12-15H2,1-2H3. The highest BCUT2D eigenvalue weighted by molar-refractivity contribution is 5.95. The zero-order valence-corrected chi connectivity index (χ0v) is 16.3. The molecule has 0 atom stereocenters. The molecule has 0 saturated carbocycles. The summed E-state index contributed by atoms with van der Waals surface area (Å²) in [5.41, 5.74) is 3.83. The molecule has 4 rings (SSSR count). The monoisotopic (exact) mass is 372 g/mol. The number of nitrogens with zero attached hydrogens (tertiary/aromatic N) is 4. The van der Waals surface area contributed by atoms with Crippen molar-refractivity contribution in [1.82, 2.24) is 14.9 Å². The normalized spacial score (nSPS) is 14.2. The molecular weight excluding hydrogens is 348 g/mol. The third kappa shape index (κ3) is 3.74. The van der Waals surface area contributed by atoms with Gasteiger partial charge in [-0.1, -0.05) is 48.5 Å². The second kappa shape index (κ2) is 7.80. The van der Waals surface area contributed by atoms with E-state index in [1.165, 1.54) is 0 Å². The van der Waals surface area contributed by atoms with Gasteiger partial charge >= 0.3 is 0 Å². The summed E-state index contributed by atoms with van der Waals surface area (Å²) in [6.07, 6.45) is 0. The highest BCUT2D eigenvalue weighted by Crippen LogP contribution is 2.23. The molecule has 1 aliphatic heterocycles. The lowest BCUT2D eigenvalue weighted by atomic mass is 10.1. The van der Waals surface area contributed by atoms with E-state index in [4.69, 9.17) is 0 Å². The zero-order chi connectivity index (χ0) is 19.5. The predicted octanol–water partition coefficient (Wildman–Crippen LogP) is 3.72. The van der Waals surface area contributed by atoms with Gasteiger partial charge in [-0.25, -0.2) is 9.97 Å². The second-order valence-electron chi connectivity index (χ2n) is 7.12. The fourth-order valence-electron chi connectivity index (χ4n) is 3.59. The van der Waals surface area contributed by atoms with Crippen LogP contribution in [0, 0.1) is 13.8 Å². The molecule has 3 aromatic rings. The Morgan fingerprint density at radius 1 is 0.857 bits per heavy atom. The quantitative estimate of drug-likeness (QED) is 0.703. The van der Waals surface area contributed by atoms with E-state index in [9.17, 15) is 4.79 Å². The largest absolute Gasteiger partial charge is 0.353 e. The first-order valence-corrected chi connectivity index (χ1v) is 9.63. The summed E-state index contributed by atoms with van der Waals surface area (Å²) >= 11 is 0. The van der Waals surface area contributed by atoms with Crippen LogP contribution in [0.4, 0.5) is 5.82 Å². The van der Waals surface area contributed by atoms with Crippen LogP contribution in [0.1, 0.15) is 21.7 Å². The fourth-order valence-corrected chi connectivity index (χ4v) is 3.59. The van der Waals surface area contributed by atoms with Crippen LogP contribution < -0.4 is 4.90 Å². The summed E-state index contributed by atoms with van der Waals surface area (Å²) in [6, 6.07) is 20.0. The number of piperazine rings is 1. The van der Waals surface area contributed by atoms with E-state index in [1.54, 1.807) is 0 Å². The van der Waals surface area contributed by atoms with Crippen LogP contribution in [0.2, 0.25) is 0 Å². The topological polar surface area (TPSA) is 49.3 Å². The van der Waals surface area contributed by atoms with Crippen LogP contribution in [0.5, 0.6) is 0 Å². The van der Waals surface area contributed by atoms with Crippen LogP contribution in [-0.4, -0.2) is 47.0 Å². The van der Waals surface area contributed by atoms with Crippen LogP contribution >= 0.6 is 0 Å². The minimum absolute atomic E-state index is 0.113. The minimum atomic E-state index is 0.113. The first-order valence-electron chi connectivity index (χ1n) is 9.63. The number of aryl methyl sites for hydroxylation is 2. The van der Waals surface area contributed by atoms with Gasteiger partial charge in [-0.3, -0.25) is 4.79 Å². The number of anilines is 1. The molecule has 0 N–H and O–H groups in total. The molecule has 2 heterocycles. The Hall–Kier alpha value is -3.21. The molecule has 1 aliphatic rings. The van der Waals surface area contributed by atoms with Crippen molar-refractivity contribution in [2.45, 2.75) is 13.8 Å². The summed E-state index contributed by atoms with van der Waals surface area (Å²) in [5, 5.41) is 0. The van der Waals surface area contributed by atoms with Gasteiger partial charge in [-0.15, -0.1) is 0 Å².